The Kier molecular flexibility index (Phi) is 3.34. The Bertz CT molecular complexity index is 360. The summed E-state index contributed by atoms with van der Waals surface area (Å²) < 4.78 is 0. The van der Waals surface area contributed by atoms with E-state index in [9.17, 15) is 0 Å². The van der Waals surface area contributed by atoms with E-state index < -0.39 is 0 Å². The molecule has 1 heteroatoms. The van der Waals surface area contributed by atoms with Crippen LogP contribution in [0.4, 0.5) is 0 Å². The number of fused-ring (bicyclic) bond motifs is 1. The monoisotopic (exact) mass is 231 g/mol. The Labute approximate surface area is 106 Å². The zero-order valence-electron chi connectivity index (χ0n) is 11.7. The van der Waals surface area contributed by atoms with Gasteiger partial charge in [0, 0.05) is 19.3 Å². The number of hydrogen-bond donors (Lipinski definition) is 0. The van der Waals surface area contributed by atoms with Crippen LogP contribution in [-0.4, -0.2) is 5.54 Å². The van der Waals surface area contributed by atoms with Crippen molar-refractivity contribution in [2.75, 3.05) is 0 Å². The van der Waals surface area contributed by atoms with Crippen LogP contribution in [0.3, 0.4) is 0 Å². The smallest absolute Gasteiger partial charge is 0.233 e. The van der Waals surface area contributed by atoms with E-state index in [1.54, 1.807) is 5.57 Å². The van der Waals surface area contributed by atoms with Crippen molar-refractivity contribution in [2.24, 2.45) is 23.7 Å². The van der Waals surface area contributed by atoms with E-state index in [4.69, 9.17) is 6.57 Å². The van der Waals surface area contributed by atoms with Crippen molar-refractivity contribution in [2.45, 2.75) is 58.9 Å². The van der Waals surface area contributed by atoms with Gasteiger partial charge in [-0.25, -0.2) is 6.57 Å². The Morgan fingerprint density at radius 3 is 2.71 bits per heavy atom. The molecule has 0 spiro atoms. The molecule has 2 aliphatic rings. The maximum absolute atomic E-state index is 7.54. The number of allylic oxidation sites excluding steroid dienone is 2. The first-order chi connectivity index (χ1) is 7.98. The first-order valence-corrected chi connectivity index (χ1v) is 7.04. The van der Waals surface area contributed by atoms with Crippen molar-refractivity contribution in [3.8, 4) is 0 Å². The summed E-state index contributed by atoms with van der Waals surface area (Å²) in [6, 6.07) is 0. The van der Waals surface area contributed by atoms with Gasteiger partial charge in [0.1, 0.15) is 0 Å². The highest BCUT2D eigenvalue weighted by Gasteiger charge is 2.51. The molecule has 2 rings (SSSR count). The van der Waals surface area contributed by atoms with Crippen LogP contribution in [0.5, 0.6) is 0 Å². The van der Waals surface area contributed by atoms with Gasteiger partial charge in [-0.15, -0.1) is 0 Å². The molecule has 0 aromatic heterocycles. The molecule has 0 heterocycles. The van der Waals surface area contributed by atoms with E-state index in [-0.39, 0.29) is 5.54 Å². The van der Waals surface area contributed by atoms with E-state index in [0.29, 0.717) is 11.8 Å². The molecule has 0 N–H and O–H groups in total. The molecule has 17 heavy (non-hydrogen) atoms. The number of nitrogens with zero attached hydrogens (tertiary/aromatic N) is 1. The van der Waals surface area contributed by atoms with Gasteiger partial charge in [0.2, 0.25) is 5.54 Å². The molecule has 1 fully saturated rings. The second kappa shape index (κ2) is 4.48. The molecule has 0 saturated heterocycles. The molecule has 0 aliphatic heterocycles. The average Bonchev–Trinajstić information content (AvgIpc) is 2.28. The molecule has 0 bridgehead atoms. The average molecular weight is 231 g/mol. The van der Waals surface area contributed by atoms with E-state index in [2.05, 4.69) is 38.6 Å². The van der Waals surface area contributed by atoms with Gasteiger partial charge in [-0.2, -0.15) is 0 Å². The lowest BCUT2D eigenvalue weighted by molar-refractivity contribution is 0.0861. The van der Waals surface area contributed by atoms with Crippen molar-refractivity contribution in [3.05, 3.63) is 23.1 Å². The third-order valence-electron chi connectivity index (χ3n) is 5.18. The van der Waals surface area contributed by atoms with Gasteiger partial charge in [-0.05, 0) is 43.9 Å². The van der Waals surface area contributed by atoms with Crippen molar-refractivity contribution in [1.82, 2.24) is 0 Å². The largest absolute Gasteiger partial charge is 0.310 e. The van der Waals surface area contributed by atoms with Crippen LogP contribution < -0.4 is 0 Å². The van der Waals surface area contributed by atoms with Gasteiger partial charge >= 0.3 is 0 Å². The van der Waals surface area contributed by atoms with Crippen molar-refractivity contribution < 1.29 is 0 Å². The van der Waals surface area contributed by atoms with Crippen LogP contribution in [0, 0.1) is 30.2 Å². The summed E-state index contributed by atoms with van der Waals surface area (Å²) in [5, 5.41) is 0. The molecular weight excluding hydrogens is 206 g/mol. The highest BCUT2D eigenvalue weighted by Crippen LogP contribution is 2.51. The van der Waals surface area contributed by atoms with Crippen LogP contribution in [0.2, 0.25) is 0 Å². The standard InChI is InChI=1S/C16H25N/c1-11(2)13-8-9-16(4,17-5)15-7-6-12(3)10-14(13)15/h10-11,13-15H,6-9H2,1-4H3/t13-,14+,15-,16+/m1/s1. The van der Waals surface area contributed by atoms with Crippen LogP contribution in [0.1, 0.15) is 53.4 Å². The molecule has 4 atom stereocenters. The summed E-state index contributed by atoms with van der Waals surface area (Å²) >= 11 is 0. The lowest BCUT2D eigenvalue weighted by Gasteiger charge is -2.45. The molecule has 1 saturated carbocycles. The highest BCUT2D eigenvalue weighted by molar-refractivity contribution is 5.17. The Balaban J connectivity index is 2.33. The van der Waals surface area contributed by atoms with Crippen LogP contribution >= 0.6 is 0 Å². The SMILES string of the molecule is [C-]#[N+][C@@]1(C)CC[C@H](C(C)C)[C@@H]2C=C(C)CC[C@H]21. The second-order valence-corrected chi connectivity index (χ2v) is 6.65. The predicted octanol–water partition coefficient (Wildman–Crippen LogP) is 4.70. The van der Waals surface area contributed by atoms with E-state index >= 15 is 0 Å². The minimum atomic E-state index is -0.0900. The van der Waals surface area contributed by atoms with E-state index in [0.717, 1.165) is 18.3 Å². The summed E-state index contributed by atoms with van der Waals surface area (Å²) in [6.45, 7) is 16.7. The second-order valence-electron chi connectivity index (χ2n) is 6.65. The minimum absolute atomic E-state index is 0.0900. The van der Waals surface area contributed by atoms with Crippen LogP contribution in [0.25, 0.3) is 4.85 Å². The van der Waals surface area contributed by atoms with E-state index in [1.165, 1.54) is 19.3 Å². The molecule has 2 aliphatic carbocycles. The number of hydrogen-bond acceptors (Lipinski definition) is 0. The van der Waals surface area contributed by atoms with Crippen LogP contribution in [-0.2, 0) is 0 Å². The van der Waals surface area contributed by atoms with Gasteiger partial charge < -0.3 is 4.85 Å². The van der Waals surface area contributed by atoms with Gasteiger partial charge in [-0.3, -0.25) is 0 Å². The Morgan fingerprint density at radius 2 is 2.12 bits per heavy atom. The van der Waals surface area contributed by atoms with Crippen molar-refractivity contribution >= 4 is 0 Å². The zero-order chi connectivity index (χ0) is 12.6. The van der Waals surface area contributed by atoms with Crippen LogP contribution in [0.15, 0.2) is 11.6 Å². The first kappa shape index (κ1) is 12.7. The molecule has 0 amide bonds. The topological polar surface area (TPSA) is 4.36 Å². The first-order valence-electron chi connectivity index (χ1n) is 7.04. The molecule has 94 valence electrons. The Morgan fingerprint density at radius 1 is 1.41 bits per heavy atom. The fourth-order valence-electron chi connectivity index (χ4n) is 4.00. The summed E-state index contributed by atoms with van der Waals surface area (Å²) in [4.78, 5) is 4.00. The quantitative estimate of drug-likeness (QED) is 0.455. The molecule has 0 radical (unpaired) electrons. The molecular formula is C16H25N. The summed E-state index contributed by atoms with van der Waals surface area (Å²) in [6.07, 6.45) is 7.28. The molecule has 0 aromatic carbocycles. The molecule has 0 aromatic rings. The van der Waals surface area contributed by atoms with E-state index in [1.807, 2.05) is 0 Å². The minimum Gasteiger partial charge on any atom is -0.310 e. The van der Waals surface area contributed by atoms with Crippen molar-refractivity contribution in [3.63, 3.8) is 0 Å². The Hall–Kier alpha value is -0.770. The maximum atomic E-state index is 7.54. The normalized spacial score (nSPS) is 41.6. The molecule has 1 nitrogen and oxygen atoms in total. The third kappa shape index (κ3) is 2.15. The van der Waals surface area contributed by atoms with Gasteiger partial charge in [0.15, 0.2) is 0 Å². The van der Waals surface area contributed by atoms with Crippen molar-refractivity contribution in [1.29, 1.82) is 0 Å². The summed E-state index contributed by atoms with van der Waals surface area (Å²) in [5.74, 6) is 2.81. The van der Waals surface area contributed by atoms with Gasteiger partial charge in [-0.1, -0.05) is 25.5 Å². The number of rotatable bonds is 1. The lowest BCUT2D eigenvalue weighted by Crippen LogP contribution is -2.46. The third-order valence-corrected chi connectivity index (χ3v) is 5.18. The zero-order valence-corrected chi connectivity index (χ0v) is 11.7. The fourth-order valence-corrected chi connectivity index (χ4v) is 4.00. The summed E-state index contributed by atoms with van der Waals surface area (Å²) in [5.41, 5.74) is 1.46. The highest BCUT2D eigenvalue weighted by atomic mass is 14.8. The molecule has 0 unspecified atom stereocenters. The maximum Gasteiger partial charge on any atom is 0.233 e. The van der Waals surface area contributed by atoms with Gasteiger partial charge in [0.05, 0.1) is 0 Å². The lowest BCUT2D eigenvalue weighted by atomic mass is 9.57. The predicted molar refractivity (Wildman–Crippen MR) is 72.5 cm³/mol. The van der Waals surface area contributed by atoms with Gasteiger partial charge in [0.25, 0.3) is 0 Å². The summed E-state index contributed by atoms with van der Waals surface area (Å²) in [7, 11) is 0. The fraction of sp³-hybridized carbons (Fsp3) is 0.812.